The topological polar surface area (TPSA) is 35.2 Å². The Labute approximate surface area is 109 Å². The van der Waals surface area contributed by atoms with Gasteiger partial charge in [-0.15, -0.1) is 0 Å². The molecule has 18 heavy (non-hydrogen) atoms. The fourth-order valence-electron chi connectivity index (χ4n) is 3.09. The first kappa shape index (κ1) is 11.9. The van der Waals surface area contributed by atoms with Gasteiger partial charge in [0, 0.05) is 6.04 Å². The summed E-state index contributed by atoms with van der Waals surface area (Å²) in [6.45, 7) is 0.848. The average molecular weight is 243 g/mol. The van der Waals surface area contributed by atoms with Gasteiger partial charge in [0.25, 0.3) is 0 Å². The van der Waals surface area contributed by atoms with Crippen LogP contribution < -0.4 is 5.73 Å². The Morgan fingerprint density at radius 3 is 3.00 bits per heavy atom. The molecule has 1 aliphatic carbocycles. The second-order valence-corrected chi connectivity index (χ2v) is 5.39. The molecule has 3 rings (SSSR count). The zero-order valence-electron chi connectivity index (χ0n) is 10.8. The third-order valence-corrected chi connectivity index (χ3v) is 4.03. The molecule has 1 heterocycles. The first-order valence-electron chi connectivity index (χ1n) is 6.97. The number of fused-ring (bicyclic) bond motifs is 1. The van der Waals surface area contributed by atoms with Crippen molar-refractivity contribution in [3.63, 3.8) is 0 Å². The Balaban J connectivity index is 1.78. The van der Waals surface area contributed by atoms with E-state index in [2.05, 4.69) is 30.3 Å². The Bertz CT molecular complexity index is 452. The minimum absolute atomic E-state index is 0.242. The van der Waals surface area contributed by atoms with Crippen molar-refractivity contribution in [1.82, 2.24) is 0 Å². The maximum absolute atomic E-state index is 6.01. The molecular formula is C16H21NO. The second-order valence-electron chi connectivity index (χ2n) is 5.39. The Morgan fingerprint density at radius 1 is 1.22 bits per heavy atom. The van der Waals surface area contributed by atoms with E-state index in [0.29, 0.717) is 0 Å². The fourth-order valence-corrected chi connectivity index (χ4v) is 3.09. The summed E-state index contributed by atoms with van der Waals surface area (Å²) in [4.78, 5) is 0. The SMILES string of the molecule is NC1C=C(CC2OCCc3ccccc32)CCC1. The lowest BCUT2D eigenvalue weighted by molar-refractivity contribution is 0.0419. The van der Waals surface area contributed by atoms with Crippen LogP contribution in [0.25, 0.3) is 0 Å². The smallest absolute Gasteiger partial charge is 0.0864 e. The molecule has 2 aliphatic rings. The van der Waals surface area contributed by atoms with E-state index < -0.39 is 0 Å². The van der Waals surface area contributed by atoms with Gasteiger partial charge in [0.2, 0.25) is 0 Å². The van der Waals surface area contributed by atoms with E-state index in [1.807, 2.05) is 0 Å². The summed E-state index contributed by atoms with van der Waals surface area (Å²) in [5, 5.41) is 0. The normalized spacial score (nSPS) is 27.5. The average Bonchev–Trinajstić information content (AvgIpc) is 2.39. The highest BCUT2D eigenvalue weighted by Crippen LogP contribution is 2.34. The predicted octanol–water partition coefficient (Wildman–Crippen LogP) is 3.13. The zero-order valence-corrected chi connectivity index (χ0v) is 10.8. The molecule has 96 valence electrons. The van der Waals surface area contributed by atoms with Crippen LogP contribution in [0, 0.1) is 0 Å². The molecule has 0 aromatic heterocycles. The Hall–Kier alpha value is -1.12. The molecule has 0 radical (unpaired) electrons. The molecule has 0 saturated carbocycles. The lowest BCUT2D eigenvalue weighted by Crippen LogP contribution is -2.22. The molecule has 0 saturated heterocycles. The molecule has 2 heteroatoms. The minimum atomic E-state index is 0.242. The quantitative estimate of drug-likeness (QED) is 0.810. The van der Waals surface area contributed by atoms with Crippen LogP contribution in [0.4, 0.5) is 0 Å². The van der Waals surface area contributed by atoms with Gasteiger partial charge in [-0.25, -0.2) is 0 Å². The molecule has 0 fully saturated rings. The van der Waals surface area contributed by atoms with E-state index in [0.717, 1.165) is 25.9 Å². The number of rotatable bonds is 2. The molecule has 1 aliphatic heterocycles. The number of benzene rings is 1. The summed E-state index contributed by atoms with van der Waals surface area (Å²) in [6.07, 6.45) is 8.11. The summed E-state index contributed by atoms with van der Waals surface area (Å²) in [7, 11) is 0. The van der Waals surface area contributed by atoms with Crippen LogP contribution in [-0.4, -0.2) is 12.6 Å². The molecule has 2 atom stereocenters. The maximum Gasteiger partial charge on any atom is 0.0864 e. The standard InChI is InChI=1S/C16H21NO/c17-14-6-3-4-12(10-14)11-16-15-7-2-1-5-13(15)8-9-18-16/h1-2,5,7,10,14,16H,3-4,6,8-9,11,17H2. The summed E-state index contributed by atoms with van der Waals surface area (Å²) in [6, 6.07) is 8.93. The first-order chi connectivity index (χ1) is 8.83. The Kier molecular flexibility index (Phi) is 3.48. The van der Waals surface area contributed by atoms with E-state index in [1.54, 1.807) is 0 Å². The van der Waals surface area contributed by atoms with Crippen LogP contribution in [0.3, 0.4) is 0 Å². The molecule has 2 unspecified atom stereocenters. The lowest BCUT2D eigenvalue weighted by Gasteiger charge is -2.28. The molecule has 1 aromatic rings. The number of nitrogens with two attached hydrogens (primary N) is 1. The van der Waals surface area contributed by atoms with Crippen molar-refractivity contribution in [2.24, 2.45) is 5.73 Å². The monoisotopic (exact) mass is 243 g/mol. The van der Waals surface area contributed by atoms with E-state index in [9.17, 15) is 0 Å². The zero-order chi connectivity index (χ0) is 12.4. The van der Waals surface area contributed by atoms with Crippen molar-refractivity contribution < 1.29 is 4.74 Å². The van der Waals surface area contributed by atoms with Gasteiger partial charge in [0.15, 0.2) is 0 Å². The minimum Gasteiger partial charge on any atom is -0.373 e. The van der Waals surface area contributed by atoms with Crippen LogP contribution in [0.2, 0.25) is 0 Å². The van der Waals surface area contributed by atoms with Crippen molar-refractivity contribution >= 4 is 0 Å². The molecule has 1 aromatic carbocycles. The fraction of sp³-hybridized carbons (Fsp3) is 0.500. The Morgan fingerprint density at radius 2 is 2.11 bits per heavy atom. The van der Waals surface area contributed by atoms with Crippen molar-refractivity contribution in [2.45, 2.75) is 44.2 Å². The van der Waals surface area contributed by atoms with Gasteiger partial charge in [-0.05, 0) is 43.2 Å². The predicted molar refractivity (Wildman–Crippen MR) is 73.4 cm³/mol. The summed E-state index contributed by atoms with van der Waals surface area (Å²) >= 11 is 0. The van der Waals surface area contributed by atoms with Crippen LogP contribution >= 0.6 is 0 Å². The van der Waals surface area contributed by atoms with Crippen LogP contribution in [0.1, 0.15) is 42.9 Å². The van der Waals surface area contributed by atoms with Crippen molar-refractivity contribution in [3.05, 3.63) is 47.0 Å². The van der Waals surface area contributed by atoms with Crippen LogP contribution in [-0.2, 0) is 11.2 Å². The van der Waals surface area contributed by atoms with E-state index >= 15 is 0 Å². The van der Waals surface area contributed by atoms with Crippen molar-refractivity contribution in [1.29, 1.82) is 0 Å². The highest BCUT2D eigenvalue weighted by molar-refractivity contribution is 5.32. The van der Waals surface area contributed by atoms with Gasteiger partial charge in [0.05, 0.1) is 12.7 Å². The van der Waals surface area contributed by atoms with Gasteiger partial charge in [-0.3, -0.25) is 0 Å². The van der Waals surface area contributed by atoms with Gasteiger partial charge in [0.1, 0.15) is 0 Å². The largest absolute Gasteiger partial charge is 0.373 e. The maximum atomic E-state index is 6.01. The second kappa shape index (κ2) is 5.25. The van der Waals surface area contributed by atoms with E-state index in [4.69, 9.17) is 10.5 Å². The third kappa shape index (κ3) is 2.50. The van der Waals surface area contributed by atoms with Crippen LogP contribution in [0.5, 0.6) is 0 Å². The van der Waals surface area contributed by atoms with Crippen molar-refractivity contribution in [3.8, 4) is 0 Å². The first-order valence-corrected chi connectivity index (χ1v) is 6.97. The lowest BCUT2D eigenvalue weighted by atomic mass is 9.88. The number of ether oxygens (including phenoxy) is 1. The van der Waals surface area contributed by atoms with Gasteiger partial charge < -0.3 is 10.5 Å². The van der Waals surface area contributed by atoms with Gasteiger partial charge >= 0.3 is 0 Å². The third-order valence-electron chi connectivity index (χ3n) is 4.03. The van der Waals surface area contributed by atoms with Crippen LogP contribution in [0.15, 0.2) is 35.9 Å². The van der Waals surface area contributed by atoms with Crippen molar-refractivity contribution in [2.75, 3.05) is 6.61 Å². The molecule has 0 bridgehead atoms. The molecule has 2 nitrogen and oxygen atoms in total. The summed E-state index contributed by atoms with van der Waals surface area (Å²) < 4.78 is 5.96. The van der Waals surface area contributed by atoms with Gasteiger partial charge in [-0.2, -0.15) is 0 Å². The van der Waals surface area contributed by atoms with E-state index in [1.165, 1.54) is 29.5 Å². The van der Waals surface area contributed by atoms with Gasteiger partial charge in [-0.1, -0.05) is 35.9 Å². The summed E-state index contributed by atoms with van der Waals surface area (Å²) in [5.41, 5.74) is 10.3. The molecule has 0 amide bonds. The number of hydrogen-bond donors (Lipinski definition) is 1. The molecule has 0 spiro atoms. The van der Waals surface area contributed by atoms with E-state index in [-0.39, 0.29) is 12.1 Å². The molecular weight excluding hydrogens is 222 g/mol. The summed E-state index contributed by atoms with van der Waals surface area (Å²) in [5.74, 6) is 0. The highest BCUT2D eigenvalue weighted by Gasteiger charge is 2.22. The highest BCUT2D eigenvalue weighted by atomic mass is 16.5. The molecule has 2 N–H and O–H groups in total. The number of hydrogen-bond acceptors (Lipinski definition) is 2.